The Bertz CT molecular complexity index is 574. The molecule has 0 aliphatic carbocycles. The van der Waals surface area contributed by atoms with Gasteiger partial charge in [0.15, 0.2) is 0 Å². The van der Waals surface area contributed by atoms with E-state index in [2.05, 4.69) is 18.3 Å². The Morgan fingerprint density at radius 1 is 1.32 bits per heavy atom. The maximum Gasteiger partial charge on any atom is 0.227 e. The molecule has 0 radical (unpaired) electrons. The summed E-state index contributed by atoms with van der Waals surface area (Å²) in [6.45, 7) is 3.32. The molecule has 2 atom stereocenters. The zero-order valence-corrected chi connectivity index (χ0v) is 13.2. The maximum atomic E-state index is 12.8. The van der Waals surface area contributed by atoms with Crippen molar-refractivity contribution in [2.75, 3.05) is 18.1 Å². The van der Waals surface area contributed by atoms with E-state index < -0.39 is 0 Å². The fourth-order valence-corrected chi connectivity index (χ4v) is 4.29. The number of piperidine rings is 1. The molecule has 3 heterocycles. The highest BCUT2D eigenvalue weighted by molar-refractivity contribution is 5.95. The molecule has 3 aliphatic rings. The summed E-state index contributed by atoms with van der Waals surface area (Å²) in [5.41, 5.74) is 2.11. The molecule has 1 amide bonds. The van der Waals surface area contributed by atoms with Crippen molar-refractivity contribution in [2.24, 2.45) is 5.92 Å². The number of hydrogen-bond donors (Lipinski definition) is 1. The predicted molar refractivity (Wildman–Crippen MR) is 86.3 cm³/mol. The number of amides is 1. The van der Waals surface area contributed by atoms with Gasteiger partial charge in [-0.3, -0.25) is 4.79 Å². The number of ether oxygens (including phenoxy) is 1. The van der Waals surface area contributed by atoms with E-state index in [0.29, 0.717) is 37.6 Å². The van der Waals surface area contributed by atoms with Crippen molar-refractivity contribution in [3.8, 4) is 5.75 Å². The van der Waals surface area contributed by atoms with E-state index in [1.807, 2.05) is 17.0 Å². The molecule has 1 aromatic carbocycles. The lowest BCUT2D eigenvalue weighted by Crippen LogP contribution is -2.42. The van der Waals surface area contributed by atoms with E-state index in [4.69, 9.17) is 4.74 Å². The standard InChI is InChI=1S/C18H24N2O2/c1-12-2-5-16-17(8-12)22-7-6-20(16)18(21)11-13-9-14-3-4-15(10-13)19-14/h2,5,8,13-15,19H,3-4,6-7,9-11H2,1H3. The van der Waals surface area contributed by atoms with Crippen molar-refractivity contribution in [1.29, 1.82) is 0 Å². The number of carbonyl (C=O) groups excluding carboxylic acids is 1. The van der Waals surface area contributed by atoms with E-state index in [9.17, 15) is 4.79 Å². The zero-order chi connectivity index (χ0) is 15.1. The molecule has 2 saturated heterocycles. The molecule has 1 N–H and O–H groups in total. The molecule has 4 nitrogen and oxygen atoms in total. The minimum atomic E-state index is 0.264. The predicted octanol–water partition coefficient (Wildman–Crippen LogP) is 2.64. The van der Waals surface area contributed by atoms with Gasteiger partial charge in [-0.25, -0.2) is 0 Å². The molecule has 0 saturated carbocycles. The zero-order valence-electron chi connectivity index (χ0n) is 13.2. The lowest BCUT2D eigenvalue weighted by atomic mass is 9.89. The normalized spacial score (nSPS) is 29.9. The highest BCUT2D eigenvalue weighted by Gasteiger charge is 2.35. The number of nitrogens with zero attached hydrogens (tertiary/aromatic N) is 1. The second-order valence-electron chi connectivity index (χ2n) is 7.04. The van der Waals surface area contributed by atoms with Crippen LogP contribution in [-0.4, -0.2) is 31.1 Å². The van der Waals surface area contributed by atoms with E-state index in [1.165, 1.54) is 18.4 Å². The van der Waals surface area contributed by atoms with Gasteiger partial charge >= 0.3 is 0 Å². The van der Waals surface area contributed by atoms with Gasteiger partial charge in [0.1, 0.15) is 12.4 Å². The quantitative estimate of drug-likeness (QED) is 0.913. The van der Waals surface area contributed by atoms with Crippen molar-refractivity contribution in [1.82, 2.24) is 5.32 Å². The summed E-state index contributed by atoms with van der Waals surface area (Å²) >= 11 is 0. The topological polar surface area (TPSA) is 41.6 Å². The van der Waals surface area contributed by atoms with Gasteiger partial charge in [-0.1, -0.05) is 6.07 Å². The summed E-state index contributed by atoms with van der Waals surface area (Å²) in [7, 11) is 0. The molecule has 22 heavy (non-hydrogen) atoms. The number of anilines is 1. The van der Waals surface area contributed by atoms with Crippen LogP contribution in [0.2, 0.25) is 0 Å². The van der Waals surface area contributed by atoms with Gasteiger partial charge in [0.25, 0.3) is 0 Å². The first-order valence-corrected chi connectivity index (χ1v) is 8.49. The highest BCUT2D eigenvalue weighted by atomic mass is 16.5. The fourth-order valence-electron chi connectivity index (χ4n) is 4.29. The van der Waals surface area contributed by atoms with Crippen molar-refractivity contribution >= 4 is 11.6 Å². The second kappa shape index (κ2) is 5.58. The third-order valence-corrected chi connectivity index (χ3v) is 5.31. The molecule has 3 aliphatic heterocycles. The fraction of sp³-hybridized carbons (Fsp3) is 0.611. The smallest absolute Gasteiger partial charge is 0.227 e. The van der Waals surface area contributed by atoms with E-state index in [1.54, 1.807) is 0 Å². The highest BCUT2D eigenvalue weighted by Crippen LogP contribution is 2.36. The van der Waals surface area contributed by atoms with E-state index in [-0.39, 0.29) is 5.91 Å². The molecule has 0 spiro atoms. The Labute approximate surface area is 131 Å². The summed E-state index contributed by atoms with van der Waals surface area (Å²) < 4.78 is 5.71. The average Bonchev–Trinajstić information content (AvgIpc) is 2.85. The Balaban J connectivity index is 1.47. The van der Waals surface area contributed by atoms with Gasteiger partial charge in [0.05, 0.1) is 12.2 Å². The van der Waals surface area contributed by atoms with Crippen LogP contribution in [0.5, 0.6) is 5.75 Å². The van der Waals surface area contributed by atoms with Gasteiger partial charge < -0.3 is 15.0 Å². The third-order valence-electron chi connectivity index (χ3n) is 5.31. The van der Waals surface area contributed by atoms with Crippen LogP contribution in [0, 0.1) is 12.8 Å². The first-order chi connectivity index (χ1) is 10.7. The molecule has 2 bridgehead atoms. The van der Waals surface area contributed by atoms with Gasteiger partial charge in [-0.05, 0) is 56.2 Å². The monoisotopic (exact) mass is 300 g/mol. The van der Waals surface area contributed by atoms with Crippen molar-refractivity contribution in [2.45, 2.75) is 51.1 Å². The molecule has 1 aromatic rings. The summed E-state index contributed by atoms with van der Waals surface area (Å²) in [6.07, 6.45) is 5.58. The number of fused-ring (bicyclic) bond motifs is 3. The van der Waals surface area contributed by atoms with Gasteiger partial charge in [-0.2, -0.15) is 0 Å². The summed E-state index contributed by atoms with van der Waals surface area (Å²) in [4.78, 5) is 14.7. The minimum absolute atomic E-state index is 0.264. The Morgan fingerprint density at radius 2 is 2.09 bits per heavy atom. The van der Waals surface area contributed by atoms with Crippen LogP contribution in [0.15, 0.2) is 18.2 Å². The minimum Gasteiger partial charge on any atom is -0.490 e. The SMILES string of the molecule is Cc1ccc2c(c1)OCCN2C(=O)CC1CC2CCC(C1)N2. The Morgan fingerprint density at radius 3 is 2.86 bits per heavy atom. The van der Waals surface area contributed by atoms with Gasteiger partial charge in [-0.15, -0.1) is 0 Å². The molecule has 4 heteroatoms. The number of rotatable bonds is 2. The summed E-state index contributed by atoms with van der Waals surface area (Å²) in [5, 5.41) is 3.65. The van der Waals surface area contributed by atoms with Crippen LogP contribution < -0.4 is 15.0 Å². The van der Waals surface area contributed by atoms with Gasteiger partial charge in [0.2, 0.25) is 5.91 Å². The van der Waals surface area contributed by atoms with Crippen LogP contribution in [0.4, 0.5) is 5.69 Å². The second-order valence-corrected chi connectivity index (χ2v) is 7.04. The largest absolute Gasteiger partial charge is 0.490 e. The molecule has 2 fully saturated rings. The average molecular weight is 300 g/mol. The Kier molecular flexibility index (Phi) is 3.57. The van der Waals surface area contributed by atoms with Crippen molar-refractivity contribution in [3.05, 3.63) is 23.8 Å². The number of benzene rings is 1. The molecule has 118 valence electrons. The van der Waals surface area contributed by atoms with Crippen LogP contribution in [-0.2, 0) is 4.79 Å². The number of hydrogen-bond acceptors (Lipinski definition) is 3. The molecule has 0 aromatic heterocycles. The van der Waals surface area contributed by atoms with Crippen molar-refractivity contribution in [3.63, 3.8) is 0 Å². The summed E-state index contributed by atoms with van der Waals surface area (Å²) in [6, 6.07) is 7.40. The van der Waals surface area contributed by atoms with E-state index in [0.717, 1.165) is 24.3 Å². The molecular weight excluding hydrogens is 276 g/mol. The lowest BCUT2D eigenvalue weighted by molar-refractivity contribution is -0.120. The van der Waals surface area contributed by atoms with Crippen LogP contribution in [0.3, 0.4) is 0 Å². The third kappa shape index (κ3) is 2.60. The molecule has 4 rings (SSSR count). The Hall–Kier alpha value is -1.55. The van der Waals surface area contributed by atoms with E-state index >= 15 is 0 Å². The van der Waals surface area contributed by atoms with Crippen LogP contribution in [0.25, 0.3) is 0 Å². The number of aryl methyl sites for hydroxylation is 1. The molecule has 2 unspecified atom stereocenters. The summed E-state index contributed by atoms with van der Waals surface area (Å²) in [5.74, 6) is 1.66. The van der Waals surface area contributed by atoms with Crippen LogP contribution >= 0.6 is 0 Å². The van der Waals surface area contributed by atoms with Crippen molar-refractivity contribution < 1.29 is 9.53 Å². The first kappa shape index (κ1) is 14.1. The number of nitrogens with one attached hydrogen (secondary N) is 1. The number of carbonyl (C=O) groups is 1. The molecular formula is C18H24N2O2. The van der Waals surface area contributed by atoms with Gasteiger partial charge in [0, 0.05) is 18.5 Å². The first-order valence-electron chi connectivity index (χ1n) is 8.49. The lowest BCUT2D eigenvalue weighted by Gasteiger charge is -2.33. The maximum absolute atomic E-state index is 12.8. The van der Waals surface area contributed by atoms with Crippen LogP contribution in [0.1, 0.15) is 37.7 Å².